The summed E-state index contributed by atoms with van der Waals surface area (Å²) in [5.74, 6) is 0.513. The Bertz CT molecular complexity index is 302. The van der Waals surface area contributed by atoms with Gasteiger partial charge in [-0.3, -0.25) is 9.63 Å². The number of rotatable bonds is 2. The van der Waals surface area contributed by atoms with Gasteiger partial charge in [0.15, 0.2) is 0 Å². The van der Waals surface area contributed by atoms with Crippen LogP contribution in [0.15, 0.2) is 24.4 Å². The van der Waals surface area contributed by atoms with Gasteiger partial charge in [0.05, 0.1) is 0 Å². The fourth-order valence-electron chi connectivity index (χ4n) is 1.08. The summed E-state index contributed by atoms with van der Waals surface area (Å²) in [6, 6.07) is 5.13. The predicted octanol–water partition coefficient (Wildman–Crippen LogP) is -0.0765. The number of aromatic nitrogens is 1. The van der Waals surface area contributed by atoms with Crippen molar-refractivity contribution in [3.8, 4) is 0 Å². The average molecular weight is 179 g/mol. The Morgan fingerprint density at radius 3 is 3.15 bits per heavy atom. The van der Waals surface area contributed by atoms with Crippen LogP contribution < -0.4 is 10.8 Å². The molecule has 1 aliphatic heterocycles. The fraction of sp³-hybridized carbons (Fsp3) is 0.250. The number of carbonyl (C=O) groups excluding carboxylic acids is 1. The normalized spacial score (nSPS) is 21.2. The van der Waals surface area contributed by atoms with Crippen molar-refractivity contribution in [2.75, 3.05) is 11.9 Å². The van der Waals surface area contributed by atoms with Crippen LogP contribution in [-0.4, -0.2) is 23.5 Å². The van der Waals surface area contributed by atoms with Gasteiger partial charge < -0.3 is 5.32 Å². The molecule has 68 valence electrons. The number of pyridine rings is 1. The monoisotopic (exact) mass is 179 g/mol. The lowest BCUT2D eigenvalue weighted by Crippen LogP contribution is -2.31. The Hall–Kier alpha value is -1.62. The van der Waals surface area contributed by atoms with Crippen LogP contribution in [0.3, 0.4) is 0 Å². The molecule has 2 N–H and O–H groups in total. The van der Waals surface area contributed by atoms with Crippen molar-refractivity contribution in [3.05, 3.63) is 24.4 Å². The number of amides is 1. The number of nitrogens with one attached hydrogen (secondary N) is 2. The molecule has 0 spiro atoms. The average Bonchev–Trinajstić information content (AvgIpc) is 2.54. The molecular weight excluding hydrogens is 170 g/mol. The van der Waals surface area contributed by atoms with E-state index in [1.165, 1.54) is 0 Å². The summed E-state index contributed by atoms with van der Waals surface area (Å²) in [6.45, 7) is 0.329. The van der Waals surface area contributed by atoms with Gasteiger partial charge >= 0.3 is 0 Å². The number of nitrogens with zero attached hydrogens (tertiary/aromatic N) is 1. The van der Waals surface area contributed by atoms with Gasteiger partial charge in [0.25, 0.3) is 5.91 Å². The quantitative estimate of drug-likeness (QED) is 0.666. The molecule has 1 amide bonds. The topological polar surface area (TPSA) is 63.2 Å². The van der Waals surface area contributed by atoms with E-state index in [0.717, 1.165) is 0 Å². The van der Waals surface area contributed by atoms with Gasteiger partial charge in [-0.1, -0.05) is 6.07 Å². The van der Waals surface area contributed by atoms with Crippen molar-refractivity contribution >= 4 is 11.7 Å². The molecule has 1 aromatic rings. The van der Waals surface area contributed by atoms with Gasteiger partial charge in [-0.15, -0.1) is 0 Å². The first-order valence-corrected chi connectivity index (χ1v) is 3.95. The lowest BCUT2D eigenvalue weighted by Gasteiger charge is -2.07. The molecule has 0 bridgehead atoms. The number of carbonyl (C=O) groups is 1. The summed E-state index contributed by atoms with van der Waals surface area (Å²) in [7, 11) is 0. The van der Waals surface area contributed by atoms with E-state index in [1.807, 2.05) is 12.1 Å². The van der Waals surface area contributed by atoms with Gasteiger partial charge in [-0.2, -0.15) is 0 Å². The first-order chi connectivity index (χ1) is 6.36. The summed E-state index contributed by atoms with van der Waals surface area (Å²) >= 11 is 0. The van der Waals surface area contributed by atoms with Crippen molar-refractivity contribution in [1.82, 2.24) is 10.5 Å². The maximum absolute atomic E-state index is 11.1. The van der Waals surface area contributed by atoms with E-state index in [1.54, 1.807) is 12.3 Å². The lowest BCUT2D eigenvalue weighted by molar-refractivity contribution is -0.124. The molecule has 1 fully saturated rings. The molecule has 1 aliphatic rings. The van der Waals surface area contributed by atoms with Gasteiger partial charge in [0, 0.05) is 6.20 Å². The smallest absolute Gasteiger partial charge is 0.268 e. The van der Waals surface area contributed by atoms with Crippen LogP contribution in [0.2, 0.25) is 0 Å². The first kappa shape index (κ1) is 8.00. The van der Waals surface area contributed by atoms with E-state index in [9.17, 15) is 4.79 Å². The Morgan fingerprint density at radius 1 is 1.62 bits per heavy atom. The molecule has 2 rings (SSSR count). The first-order valence-electron chi connectivity index (χ1n) is 3.95. The molecule has 1 aromatic heterocycles. The minimum absolute atomic E-state index is 0.161. The lowest BCUT2D eigenvalue weighted by atomic mass is 10.3. The molecule has 0 radical (unpaired) electrons. The van der Waals surface area contributed by atoms with Crippen molar-refractivity contribution in [2.45, 2.75) is 6.04 Å². The van der Waals surface area contributed by atoms with Crippen LogP contribution in [0, 0.1) is 0 Å². The Kier molecular flexibility index (Phi) is 2.09. The number of hydroxylamine groups is 1. The number of hydrogen-bond acceptors (Lipinski definition) is 4. The largest absolute Gasteiger partial charge is 0.356 e. The molecule has 2 heterocycles. The maximum atomic E-state index is 11.1. The van der Waals surface area contributed by atoms with Crippen molar-refractivity contribution in [2.24, 2.45) is 0 Å². The Balaban J connectivity index is 2.02. The highest BCUT2D eigenvalue weighted by molar-refractivity contribution is 5.84. The second-order valence-electron chi connectivity index (χ2n) is 2.69. The van der Waals surface area contributed by atoms with Gasteiger partial charge in [-0.25, -0.2) is 10.5 Å². The third kappa shape index (κ3) is 1.75. The minimum atomic E-state index is -0.338. The van der Waals surface area contributed by atoms with Gasteiger partial charge in [0.2, 0.25) is 0 Å². The number of anilines is 1. The van der Waals surface area contributed by atoms with Crippen molar-refractivity contribution < 1.29 is 9.63 Å². The van der Waals surface area contributed by atoms with Crippen LogP contribution in [0.4, 0.5) is 5.82 Å². The Labute approximate surface area is 75.1 Å². The zero-order valence-electron chi connectivity index (χ0n) is 6.86. The highest BCUT2D eigenvalue weighted by atomic mass is 16.7. The summed E-state index contributed by atoms with van der Waals surface area (Å²) in [5, 5.41) is 2.94. The molecule has 0 aromatic carbocycles. The van der Waals surface area contributed by atoms with Crippen molar-refractivity contribution in [3.63, 3.8) is 0 Å². The molecule has 0 aliphatic carbocycles. The Morgan fingerprint density at radius 2 is 2.54 bits per heavy atom. The van der Waals surface area contributed by atoms with Gasteiger partial charge in [-0.05, 0) is 12.1 Å². The van der Waals surface area contributed by atoms with Gasteiger partial charge in [0.1, 0.15) is 18.5 Å². The van der Waals surface area contributed by atoms with E-state index in [2.05, 4.69) is 15.8 Å². The third-order valence-corrected chi connectivity index (χ3v) is 1.73. The highest BCUT2D eigenvalue weighted by Gasteiger charge is 2.25. The van der Waals surface area contributed by atoms with Crippen LogP contribution >= 0.6 is 0 Å². The zero-order chi connectivity index (χ0) is 9.10. The molecule has 5 heteroatoms. The van der Waals surface area contributed by atoms with E-state index < -0.39 is 0 Å². The molecular formula is C8H9N3O2. The SMILES string of the molecule is O=C1NOCC1Nc1ccccn1. The van der Waals surface area contributed by atoms with Crippen molar-refractivity contribution in [1.29, 1.82) is 0 Å². The van der Waals surface area contributed by atoms with E-state index in [-0.39, 0.29) is 11.9 Å². The van der Waals surface area contributed by atoms with E-state index in [0.29, 0.717) is 12.4 Å². The number of hydrogen-bond donors (Lipinski definition) is 2. The van der Waals surface area contributed by atoms with Crippen LogP contribution in [0.5, 0.6) is 0 Å². The molecule has 1 saturated heterocycles. The van der Waals surface area contributed by atoms with Crippen LogP contribution in [0.1, 0.15) is 0 Å². The minimum Gasteiger partial charge on any atom is -0.356 e. The molecule has 5 nitrogen and oxygen atoms in total. The molecule has 13 heavy (non-hydrogen) atoms. The van der Waals surface area contributed by atoms with E-state index >= 15 is 0 Å². The van der Waals surface area contributed by atoms with E-state index in [4.69, 9.17) is 4.84 Å². The summed E-state index contributed by atoms with van der Waals surface area (Å²) < 4.78 is 0. The second kappa shape index (κ2) is 3.40. The fourth-order valence-corrected chi connectivity index (χ4v) is 1.08. The second-order valence-corrected chi connectivity index (χ2v) is 2.69. The highest BCUT2D eigenvalue weighted by Crippen LogP contribution is 2.05. The molecule has 1 atom stereocenters. The van der Waals surface area contributed by atoms with Crippen LogP contribution in [-0.2, 0) is 9.63 Å². The zero-order valence-corrected chi connectivity index (χ0v) is 6.86. The summed E-state index contributed by atoms with van der Waals surface area (Å²) in [4.78, 5) is 19.8. The standard InChI is InChI=1S/C8H9N3O2/c12-8-6(5-13-11-8)10-7-3-1-2-4-9-7/h1-4,6H,5H2,(H,9,10)(H,11,12). The van der Waals surface area contributed by atoms with Crippen LogP contribution in [0.25, 0.3) is 0 Å². The molecule has 0 saturated carbocycles. The summed E-state index contributed by atoms with van der Waals surface area (Å²) in [5.41, 5.74) is 2.26. The predicted molar refractivity (Wildman–Crippen MR) is 45.7 cm³/mol. The summed E-state index contributed by atoms with van der Waals surface area (Å²) in [6.07, 6.45) is 1.66. The molecule has 1 unspecified atom stereocenters. The maximum Gasteiger partial charge on any atom is 0.268 e. The third-order valence-electron chi connectivity index (χ3n) is 1.73.